The fourth-order valence-electron chi connectivity index (χ4n) is 2.22. The molecule has 0 aliphatic heterocycles. The van der Waals surface area contributed by atoms with E-state index in [0.29, 0.717) is 17.1 Å². The molecule has 0 radical (unpaired) electrons. The maximum atomic E-state index is 11.2. The molecule has 20 heavy (non-hydrogen) atoms. The molecule has 0 amide bonds. The second kappa shape index (κ2) is 5.73. The summed E-state index contributed by atoms with van der Waals surface area (Å²) >= 11 is 0. The van der Waals surface area contributed by atoms with Crippen molar-refractivity contribution in [3.8, 4) is 5.75 Å². The van der Waals surface area contributed by atoms with Gasteiger partial charge in [-0.3, -0.25) is 10.1 Å². The van der Waals surface area contributed by atoms with Crippen LogP contribution < -0.4 is 10.1 Å². The Bertz CT molecular complexity index is 656. The zero-order valence-electron chi connectivity index (χ0n) is 11.8. The van der Waals surface area contributed by atoms with Gasteiger partial charge in [-0.25, -0.2) is 4.98 Å². The maximum absolute atomic E-state index is 11.2. The molecule has 0 bridgehead atoms. The number of benzene rings is 1. The minimum Gasteiger partial charge on any atom is -0.496 e. The number of anilines is 1. The second-order valence-electron chi connectivity index (χ2n) is 4.47. The Kier molecular flexibility index (Phi) is 4.02. The summed E-state index contributed by atoms with van der Waals surface area (Å²) in [4.78, 5) is 15.1. The minimum absolute atomic E-state index is 0.0427. The van der Waals surface area contributed by atoms with E-state index in [0.717, 1.165) is 23.8 Å². The van der Waals surface area contributed by atoms with Gasteiger partial charge in [0.05, 0.1) is 18.1 Å². The van der Waals surface area contributed by atoms with E-state index in [9.17, 15) is 10.1 Å². The van der Waals surface area contributed by atoms with Gasteiger partial charge in [0.2, 0.25) is 0 Å². The molecule has 2 rings (SSSR count). The molecule has 1 heterocycles. The van der Waals surface area contributed by atoms with Crippen molar-refractivity contribution in [3.63, 3.8) is 0 Å². The Morgan fingerprint density at radius 3 is 2.70 bits per heavy atom. The number of non-ortho nitro benzene ring substituents is 1. The van der Waals surface area contributed by atoms with Gasteiger partial charge in [-0.05, 0) is 24.1 Å². The SMILES string of the molecule is CCCc1cc2cc(OC)cc([N+](=O)[O-])c2nc1NC. The van der Waals surface area contributed by atoms with Crippen LogP contribution in [0.25, 0.3) is 10.9 Å². The van der Waals surface area contributed by atoms with Crippen LogP contribution in [0.3, 0.4) is 0 Å². The molecule has 1 aromatic heterocycles. The van der Waals surface area contributed by atoms with Gasteiger partial charge < -0.3 is 10.1 Å². The number of nitrogens with zero attached hydrogens (tertiary/aromatic N) is 2. The highest BCUT2D eigenvalue weighted by molar-refractivity contribution is 5.90. The number of hydrogen-bond acceptors (Lipinski definition) is 5. The van der Waals surface area contributed by atoms with Crippen molar-refractivity contribution in [3.05, 3.63) is 33.9 Å². The van der Waals surface area contributed by atoms with Crippen LogP contribution in [0.4, 0.5) is 11.5 Å². The number of nitrogens with one attached hydrogen (secondary N) is 1. The van der Waals surface area contributed by atoms with Gasteiger partial charge in [0, 0.05) is 12.4 Å². The van der Waals surface area contributed by atoms with E-state index in [1.54, 1.807) is 13.1 Å². The lowest BCUT2D eigenvalue weighted by molar-refractivity contribution is -0.383. The minimum atomic E-state index is -0.434. The molecule has 0 fully saturated rings. The van der Waals surface area contributed by atoms with Crippen LogP contribution in [-0.2, 0) is 6.42 Å². The van der Waals surface area contributed by atoms with Crippen LogP contribution in [0.5, 0.6) is 5.75 Å². The molecule has 0 spiro atoms. The molecule has 0 aliphatic rings. The summed E-state index contributed by atoms with van der Waals surface area (Å²) < 4.78 is 5.12. The average molecular weight is 275 g/mol. The van der Waals surface area contributed by atoms with E-state index in [1.165, 1.54) is 13.2 Å². The molecule has 6 heteroatoms. The highest BCUT2D eigenvalue weighted by Gasteiger charge is 2.18. The Morgan fingerprint density at radius 1 is 1.40 bits per heavy atom. The smallest absolute Gasteiger partial charge is 0.299 e. The molecule has 0 saturated heterocycles. The molecule has 106 valence electrons. The van der Waals surface area contributed by atoms with Crippen LogP contribution in [0.1, 0.15) is 18.9 Å². The van der Waals surface area contributed by atoms with Crippen molar-refractivity contribution in [2.24, 2.45) is 0 Å². The third-order valence-corrected chi connectivity index (χ3v) is 3.14. The Balaban J connectivity index is 2.76. The molecule has 2 aromatic rings. The summed E-state index contributed by atoms with van der Waals surface area (Å²) in [6.07, 6.45) is 1.85. The molecule has 0 unspecified atom stereocenters. The summed E-state index contributed by atoms with van der Waals surface area (Å²) in [5, 5.41) is 14.9. The van der Waals surface area contributed by atoms with Gasteiger partial charge in [0.15, 0.2) is 5.52 Å². The standard InChI is InChI=1S/C14H17N3O3/c1-4-5-9-6-10-7-11(20-3)8-12(17(18)19)13(10)16-14(9)15-2/h6-8H,4-5H2,1-3H3,(H,15,16). The topological polar surface area (TPSA) is 77.3 Å². The van der Waals surface area contributed by atoms with Crippen LogP contribution in [-0.4, -0.2) is 24.1 Å². The number of rotatable bonds is 5. The Labute approximate surface area is 116 Å². The number of ether oxygens (including phenoxy) is 1. The van der Waals surface area contributed by atoms with Gasteiger partial charge in [-0.2, -0.15) is 0 Å². The maximum Gasteiger partial charge on any atom is 0.299 e. The quantitative estimate of drug-likeness (QED) is 0.670. The van der Waals surface area contributed by atoms with Crippen molar-refractivity contribution >= 4 is 22.4 Å². The van der Waals surface area contributed by atoms with E-state index in [1.807, 2.05) is 6.07 Å². The molecule has 0 aliphatic carbocycles. The fourth-order valence-corrected chi connectivity index (χ4v) is 2.22. The first-order valence-electron chi connectivity index (χ1n) is 6.44. The number of aryl methyl sites for hydroxylation is 1. The van der Waals surface area contributed by atoms with Crippen LogP contribution in [0, 0.1) is 10.1 Å². The van der Waals surface area contributed by atoms with Crippen molar-refractivity contribution in [2.45, 2.75) is 19.8 Å². The Hall–Kier alpha value is -2.37. The largest absolute Gasteiger partial charge is 0.496 e. The van der Waals surface area contributed by atoms with Crippen LogP contribution >= 0.6 is 0 Å². The van der Waals surface area contributed by atoms with Gasteiger partial charge in [0.25, 0.3) is 5.69 Å². The molecule has 1 N–H and O–H groups in total. The summed E-state index contributed by atoms with van der Waals surface area (Å²) in [6, 6.07) is 5.11. The summed E-state index contributed by atoms with van der Waals surface area (Å²) in [5.41, 5.74) is 1.38. The molecule has 1 aromatic carbocycles. The number of aromatic nitrogens is 1. The van der Waals surface area contributed by atoms with Crippen LogP contribution in [0.15, 0.2) is 18.2 Å². The molecule has 0 atom stereocenters. The van der Waals surface area contributed by atoms with Gasteiger partial charge in [-0.1, -0.05) is 13.3 Å². The van der Waals surface area contributed by atoms with E-state index in [4.69, 9.17) is 4.74 Å². The van der Waals surface area contributed by atoms with E-state index in [2.05, 4.69) is 17.2 Å². The number of hydrogen-bond donors (Lipinski definition) is 1. The van der Waals surface area contributed by atoms with E-state index < -0.39 is 4.92 Å². The van der Waals surface area contributed by atoms with Crippen molar-refractivity contribution in [1.29, 1.82) is 0 Å². The molecular formula is C14H17N3O3. The number of pyridine rings is 1. The van der Waals surface area contributed by atoms with Gasteiger partial charge in [0.1, 0.15) is 11.6 Å². The van der Waals surface area contributed by atoms with Crippen molar-refractivity contribution < 1.29 is 9.66 Å². The summed E-state index contributed by atoms with van der Waals surface area (Å²) in [7, 11) is 3.26. The van der Waals surface area contributed by atoms with E-state index >= 15 is 0 Å². The van der Waals surface area contributed by atoms with Gasteiger partial charge >= 0.3 is 0 Å². The van der Waals surface area contributed by atoms with Crippen molar-refractivity contribution in [1.82, 2.24) is 4.98 Å². The van der Waals surface area contributed by atoms with E-state index in [-0.39, 0.29) is 5.69 Å². The zero-order valence-corrected chi connectivity index (χ0v) is 11.8. The lowest BCUT2D eigenvalue weighted by Crippen LogP contribution is -2.01. The van der Waals surface area contributed by atoms with Crippen LogP contribution in [0.2, 0.25) is 0 Å². The summed E-state index contributed by atoms with van der Waals surface area (Å²) in [5.74, 6) is 1.15. The number of nitro groups is 1. The highest BCUT2D eigenvalue weighted by atomic mass is 16.6. The third-order valence-electron chi connectivity index (χ3n) is 3.14. The molecule has 0 saturated carbocycles. The summed E-state index contributed by atoms with van der Waals surface area (Å²) in [6.45, 7) is 2.08. The third kappa shape index (κ3) is 2.49. The normalized spacial score (nSPS) is 10.6. The predicted molar refractivity (Wildman–Crippen MR) is 78.5 cm³/mol. The Morgan fingerprint density at radius 2 is 2.15 bits per heavy atom. The average Bonchev–Trinajstić information content (AvgIpc) is 2.45. The highest BCUT2D eigenvalue weighted by Crippen LogP contribution is 2.32. The number of nitro benzene ring substituents is 1. The first kappa shape index (κ1) is 14.0. The fraction of sp³-hybridized carbons (Fsp3) is 0.357. The number of fused-ring (bicyclic) bond motifs is 1. The zero-order chi connectivity index (χ0) is 14.7. The van der Waals surface area contributed by atoms with Gasteiger partial charge in [-0.15, -0.1) is 0 Å². The second-order valence-corrected chi connectivity index (χ2v) is 4.47. The first-order chi connectivity index (χ1) is 9.60. The molecule has 6 nitrogen and oxygen atoms in total. The lowest BCUT2D eigenvalue weighted by Gasteiger charge is -2.10. The number of methoxy groups -OCH3 is 1. The lowest BCUT2D eigenvalue weighted by atomic mass is 10.1. The monoisotopic (exact) mass is 275 g/mol. The first-order valence-corrected chi connectivity index (χ1v) is 6.44. The molecular weight excluding hydrogens is 258 g/mol. The van der Waals surface area contributed by atoms with Crippen molar-refractivity contribution in [2.75, 3.05) is 19.5 Å². The predicted octanol–water partition coefficient (Wildman–Crippen LogP) is 3.15.